The maximum absolute atomic E-state index is 4.80. The predicted octanol–water partition coefficient (Wildman–Crippen LogP) is 2.98. The maximum Gasteiger partial charge on any atom is 0.132 e. The van der Waals surface area contributed by atoms with Crippen molar-refractivity contribution in [3.05, 3.63) is 54.1 Å². The van der Waals surface area contributed by atoms with Crippen molar-refractivity contribution in [2.75, 3.05) is 50.1 Å². The van der Waals surface area contributed by atoms with Crippen LogP contribution in [0.25, 0.3) is 10.9 Å². The van der Waals surface area contributed by atoms with Crippen molar-refractivity contribution in [1.82, 2.24) is 19.9 Å². The molecule has 1 saturated heterocycles. The average Bonchev–Trinajstić information content (AvgIpc) is 2.73. The lowest BCUT2D eigenvalue weighted by Crippen LogP contribution is -2.45. The normalized spacial score (nSPS) is 15.2. The molecule has 0 atom stereocenters. The van der Waals surface area contributed by atoms with Crippen LogP contribution in [0.4, 0.5) is 11.5 Å². The molecule has 1 aromatic carbocycles. The van der Waals surface area contributed by atoms with Gasteiger partial charge in [0, 0.05) is 57.3 Å². The van der Waals surface area contributed by atoms with Gasteiger partial charge in [-0.2, -0.15) is 0 Å². The second-order valence-electron chi connectivity index (χ2n) is 7.49. The molecule has 146 valence electrons. The molecule has 0 unspecified atom stereocenters. The first kappa shape index (κ1) is 18.6. The Hall–Kier alpha value is -2.73. The molecule has 6 nitrogen and oxygen atoms in total. The van der Waals surface area contributed by atoms with Crippen LogP contribution in [0, 0.1) is 0 Å². The van der Waals surface area contributed by atoms with E-state index in [9.17, 15) is 0 Å². The van der Waals surface area contributed by atoms with E-state index in [2.05, 4.69) is 71.0 Å². The van der Waals surface area contributed by atoms with Crippen molar-refractivity contribution in [2.24, 2.45) is 0 Å². The van der Waals surface area contributed by atoms with E-state index in [4.69, 9.17) is 9.97 Å². The highest BCUT2D eigenvalue weighted by Crippen LogP contribution is 2.25. The number of piperazine rings is 1. The highest BCUT2D eigenvalue weighted by atomic mass is 15.3. The largest absolute Gasteiger partial charge is 0.367 e. The number of nitrogens with zero attached hydrogens (tertiary/aromatic N) is 6. The van der Waals surface area contributed by atoms with E-state index < -0.39 is 0 Å². The van der Waals surface area contributed by atoms with Crippen molar-refractivity contribution in [3.63, 3.8) is 0 Å². The van der Waals surface area contributed by atoms with Gasteiger partial charge in [-0.1, -0.05) is 25.1 Å². The summed E-state index contributed by atoms with van der Waals surface area (Å²) in [4.78, 5) is 21.1. The van der Waals surface area contributed by atoms with Crippen LogP contribution in [-0.4, -0.2) is 60.1 Å². The van der Waals surface area contributed by atoms with Crippen LogP contribution < -0.4 is 9.80 Å². The molecule has 0 N–H and O–H groups in total. The second-order valence-corrected chi connectivity index (χ2v) is 7.49. The van der Waals surface area contributed by atoms with Gasteiger partial charge in [0.05, 0.1) is 23.4 Å². The highest BCUT2D eigenvalue weighted by Gasteiger charge is 2.17. The average molecular weight is 377 g/mol. The van der Waals surface area contributed by atoms with Gasteiger partial charge in [-0.05, 0) is 19.2 Å². The van der Waals surface area contributed by atoms with Crippen molar-refractivity contribution < 1.29 is 0 Å². The number of para-hydroxylation sites is 1. The molecule has 3 aromatic rings. The second kappa shape index (κ2) is 8.10. The van der Waals surface area contributed by atoms with E-state index in [-0.39, 0.29) is 0 Å². The van der Waals surface area contributed by atoms with Gasteiger partial charge in [-0.25, -0.2) is 9.97 Å². The molecule has 28 heavy (non-hydrogen) atoms. The fraction of sp³-hybridized carbons (Fsp3) is 0.409. The van der Waals surface area contributed by atoms with E-state index in [1.54, 1.807) is 0 Å². The Labute approximate surface area is 166 Å². The van der Waals surface area contributed by atoms with Crippen molar-refractivity contribution >= 4 is 22.4 Å². The number of benzene rings is 1. The van der Waals surface area contributed by atoms with Gasteiger partial charge in [-0.15, -0.1) is 0 Å². The summed E-state index contributed by atoms with van der Waals surface area (Å²) in [5.74, 6) is 1.97. The SMILES string of the molecule is CCc1nc(CN(C)c2cccc3cccnc23)cc(N2CCN(C)CC2)n1. The lowest BCUT2D eigenvalue weighted by Gasteiger charge is -2.33. The molecular formula is C22H28N6. The number of aryl methyl sites for hydroxylation is 1. The van der Waals surface area contributed by atoms with Gasteiger partial charge in [0.1, 0.15) is 11.6 Å². The van der Waals surface area contributed by atoms with Gasteiger partial charge in [0.2, 0.25) is 0 Å². The van der Waals surface area contributed by atoms with Crippen molar-refractivity contribution in [1.29, 1.82) is 0 Å². The third kappa shape index (κ3) is 3.92. The zero-order valence-corrected chi connectivity index (χ0v) is 17.0. The summed E-state index contributed by atoms with van der Waals surface area (Å²) in [6.45, 7) is 7.01. The first-order valence-electron chi connectivity index (χ1n) is 9.99. The number of anilines is 2. The smallest absolute Gasteiger partial charge is 0.132 e. The molecule has 1 aliphatic heterocycles. The van der Waals surface area contributed by atoms with Crippen molar-refractivity contribution in [2.45, 2.75) is 19.9 Å². The first-order chi connectivity index (χ1) is 13.6. The van der Waals surface area contributed by atoms with Crippen LogP contribution in [0.3, 0.4) is 0 Å². The zero-order valence-electron chi connectivity index (χ0n) is 17.0. The summed E-state index contributed by atoms with van der Waals surface area (Å²) in [6, 6.07) is 12.5. The molecule has 0 aliphatic carbocycles. The molecule has 0 radical (unpaired) electrons. The molecule has 0 spiro atoms. The Morgan fingerprint density at radius 3 is 2.61 bits per heavy atom. The van der Waals surface area contributed by atoms with Crippen LogP contribution in [0.2, 0.25) is 0 Å². The lowest BCUT2D eigenvalue weighted by atomic mass is 10.1. The fourth-order valence-corrected chi connectivity index (χ4v) is 3.70. The highest BCUT2D eigenvalue weighted by molar-refractivity contribution is 5.90. The first-order valence-corrected chi connectivity index (χ1v) is 9.99. The monoisotopic (exact) mass is 376 g/mol. The summed E-state index contributed by atoms with van der Waals surface area (Å²) in [7, 11) is 4.28. The van der Waals surface area contributed by atoms with Crippen LogP contribution in [0.15, 0.2) is 42.6 Å². The summed E-state index contributed by atoms with van der Waals surface area (Å²) in [5, 5.41) is 1.15. The minimum atomic E-state index is 0.728. The predicted molar refractivity (Wildman–Crippen MR) is 115 cm³/mol. The Balaban J connectivity index is 1.60. The Bertz CT molecular complexity index is 943. The number of hydrogen-bond donors (Lipinski definition) is 0. The van der Waals surface area contributed by atoms with Crippen LogP contribution in [0.5, 0.6) is 0 Å². The molecule has 3 heterocycles. The van der Waals surface area contributed by atoms with Gasteiger partial charge >= 0.3 is 0 Å². The zero-order chi connectivity index (χ0) is 19.5. The van der Waals surface area contributed by atoms with Crippen molar-refractivity contribution in [3.8, 4) is 0 Å². The maximum atomic E-state index is 4.80. The third-order valence-electron chi connectivity index (χ3n) is 5.38. The minimum Gasteiger partial charge on any atom is -0.367 e. The van der Waals surface area contributed by atoms with E-state index in [1.807, 2.05) is 12.3 Å². The number of fused-ring (bicyclic) bond motifs is 1. The lowest BCUT2D eigenvalue weighted by molar-refractivity contribution is 0.312. The summed E-state index contributed by atoms with van der Waals surface area (Å²) < 4.78 is 0. The Kier molecular flexibility index (Phi) is 5.39. The number of likely N-dealkylation sites (N-methyl/N-ethyl adjacent to an activating group) is 1. The Morgan fingerprint density at radius 1 is 1.04 bits per heavy atom. The number of pyridine rings is 1. The number of rotatable bonds is 5. The summed E-state index contributed by atoms with van der Waals surface area (Å²) in [6.07, 6.45) is 2.69. The van der Waals surface area contributed by atoms with Crippen LogP contribution >= 0.6 is 0 Å². The van der Waals surface area contributed by atoms with Crippen LogP contribution in [0.1, 0.15) is 18.4 Å². The molecule has 0 bridgehead atoms. The third-order valence-corrected chi connectivity index (χ3v) is 5.38. The quantitative estimate of drug-likeness (QED) is 0.682. The van der Waals surface area contributed by atoms with E-state index in [0.29, 0.717) is 0 Å². The standard InChI is InChI=1S/C22H28N6/c1-4-20-24-18(15-21(25-20)28-13-11-26(2)12-14-28)16-27(3)19-9-5-7-17-8-6-10-23-22(17)19/h5-10,15H,4,11-14,16H2,1-3H3. The number of hydrogen-bond acceptors (Lipinski definition) is 6. The molecule has 2 aromatic heterocycles. The number of aromatic nitrogens is 3. The molecule has 4 rings (SSSR count). The van der Waals surface area contributed by atoms with E-state index >= 15 is 0 Å². The molecule has 1 fully saturated rings. The molecular weight excluding hydrogens is 348 g/mol. The van der Waals surface area contributed by atoms with Gasteiger partial charge in [0.25, 0.3) is 0 Å². The van der Waals surface area contributed by atoms with E-state index in [1.165, 1.54) is 0 Å². The van der Waals surface area contributed by atoms with E-state index in [0.717, 1.165) is 73.1 Å². The molecule has 0 saturated carbocycles. The van der Waals surface area contributed by atoms with Crippen LogP contribution in [-0.2, 0) is 13.0 Å². The topological polar surface area (TPSA) is 48.4 Å². The molecule has 0 amide bonds. The summed E-state index contributed by atoms with van der Waals surface area (Å²) in [5.41, 5.74) is 3.20. The van der Waals surface area contributed by atoms with Gasteiger partial charge < -0.3 is 14.7 Å². The molecule has 1 aliphatic rings. The van der Waals surface area contributed by atoms with Gasteiger partial charge in [0.15, 0.2) is 0 Å². The minimum absolute atomic E-state index is 0.728. The summed E-state index contributed by atoms with van der Waals surface area (Å²) >= 11 is 0. The fourth-order valence-electron chi connectivity index (χ4n) is 3.70. The Morgan fingerprint density at radius 2 is 1.82 bits per heavy atom. The molecule has 6 heteroatoms. The van der Waals surface area contributed by atoms with Gasteiger partial charge in [-0.3, -0.25) is 4.98 Å².